The summed E-state index contributed by atoms with van der Waals surface area (Å²) in [4.78, 5) is 6.85. The molecule has 120 valence electrons. The highest BCUT2D eigenvalue weighted by Crippen LogP contribution is 2.18. The maximum Gasteiger partial charge on any atom is 0.191 e. The molecule has 20 heavy (non-hydrogen) atoms. The number of aliphatic imine (C=N–C) groups is 1. The van der Waals surface area contributed by atoms with E-state index in [1.165, 1.54) is 18.7 Å². The van der Waals surface area contributed by atoms with Crippen LogP contribution < -0.4 is 10.6 Å². The number of nitrogens with one attached hydrogen (secondary N) is 2. The van der Waals surface area contributed by atoms with Gasteiger partial charge in [0.2, 0.25) is 0 Å². The van der Waals surface area contributed by atoms with E-state index >= 15 is 0 Å². The van der Waals surface area contributed by atoms with Crippen molar-refractivity contribution >= 4 is 41.7 Å². The van der Waals surface area contributed by atoms with Crippen molar-refractivity contribution in [1.82, 2.24) is 15.5 Å². The van der Waals surface area contributed by atoms with Crippen molar-refractivity contribution in [3.63, 3.8) is 0 Å². The van der Waals surface area contributed by atoms with Crippen molar-refractivity contribution in [2.75, 3.05) is 38.7 Å². The van der Waals surface area contributed by atoms with Gasteiger partial charge < -0.3 is 10.6 Å². The van der Waals surface area contributed by atoms with Crippen LogP contribution in [0.2, 0.25) is 0 Å². The summed E-state index contributed by atoms with van der Waals surface area (Å²) >= 11 is 1.89. The monoisotopic (exact) mass is 414 g/mol. The molecule has 1 rings (SSSR count). The molecule has 0 saturated carbocycles. The van der Waals surface area contributed by atoms with Gasteiger partial charge >= 0.3 is 0 Å². The first-order valence-electron chi connectivity index (χ1n) is 7.28. The fourth-order valence-corrected chi connectivity index (χ4v) is 2.84. The Kier molecular flexibility index (Phi) is 11.1. The molecule has 0 aromatic rings. The fourth-order valence-electron chi connectivity index (χ4n) is 2.41. The van der Waals surface area contributed by atoms with E-state index in [-0.39, 0.29) is 24.0 Å². The second kappa shape index (κ2) is 11.0. The van der Waals surface area contributed by atoms with Crippen LogP contribution in [0.1, 0.15) is 27.2 Å². The van der Waals surface area contributed by atoms with Gasteiger partial charge in [0.05, 0.1) is 0 Å². The van der Waals surface area contributed by atoms with Crippen LogP contribution in [0.5, 0.6) is 0 Å². The van der Waals surface area contributed by atoms with E-state index in [4.69, 9.17) is 0 Å². The largest absolute Gasteiger partial charge is 0.356 e. The molecule has 0 aromatic carbocycles. The summed E-state index contributed by atoms with van der Waals surface area (Å²) in [5, 5.41) is 6.97. The van der Waals surface area contributed by atoms with Gasteiger partial charge in [-0.05, 0) is 38.2 Å². The summed E-state index contributed by atoms with van der Waals surface area (Å²) in [6.07, 6.45) is 3.33. The zero-order valence-corrected chi connectivity index (χ0v) is 16.6. The van der Waals surface area contributed by atoms with Gasteiger partial charge in [0.25, 0.3) is 0 Å². The van der Waals surface area contributed by atoms with Gasteiger partial charge in [0.1, 0.15) is 0 Å². The summed E-state index contributed by atoms with van der Waals surface area (Å²) in [5.74, 6) is 2.82. The van der Waals surface area contributed by atoms with Crippen LogP contribution in [0, 0.1) is 5.92 Å². The molecule has 4 nitrogen and oxygen atoms in total. The van der Waals surface area contributed by atoms with Crippen LogP contribution in [0.15, 0.2) is 4.99 Å². The molecule has 0 aromatic heterocycles. The normalized spacial score (nSPS) is 23.8. The van der Waals surface area contributed by atoms with E-state index in [9.17, 15) is 0 Å². The Morgan fingerprint density at radius 1 is 1.40 bits per heavy atom. The molecule has 1 saturated heterocycles. The Labute approximate surface area is 145 Å². The van der Waals surface area contributed by atoms with Gasteiger partial charge in [0, 0.05) is 38.8 Å². The summed E-state index contributed by atoms with van der Waals surface area (Å²) < 4.78 is 0. The predicted molar refractivity (Wildman–Crippen MR) is 103 cm³/mol. The Hall–Kier alpha value is 0.310. The first kappa shape index (κ1) is 20.3. The number of nitrogens with zero attached hydrogens (tertiary/aromatic N) is 2. The SMILES string of the molecule is CN=C(NCCCSC)NC1CN(C(C)C)CC1C.I. The van der Waals surface area contributed by atoms with Crippen LogP contribution >= 0.6 is 35.7 Å². The molecule has 1 fully saturated rings. The van der Waals surface area contributed by atoms with Crippen molar-refractivity contribution in [2.45, 2.75) is 39.3 Å². The summed E-state index contributed by atoms with van der Waals surface area (Å²) in [6, 6.07) is 1.14. The average molecular weight is 414 g/mol. The molecule has 0 radical (unpaired) electrons. The average Bonchev–Trinajstić information content (AvgIpc) is 2.75. The Morgan fingerprint density at radius 3 is 2.60 bits per heavy atom. The highest BCUT2D eigenvalue weighted by molar-refractivity contribution is 14.0. The quantitative estimate of drug-likeness (QED) is 0.303. The number of halogens is 1. The Balaban J connectivity index is 0.00000361. The van der Waals surface area contributed by atoms with Gasteiger partial charge in [-0.15, -0.1) is 24.0 Å². The zero-order valence-electron chi connectivity index (χ0n) is 13.5. The van der Waals surface area contributed by atoms with E-state index in [2.05, 4.69) is 47.6 Å². The molecule has 1 aliphatic heterocycles. The zero-order chi connectivity index (χ0) is 14.3. The lowest BCUT2D eigenvalue weighted by molar-refractivity contribution is 0.265. The maximum absolute atomic E-state index is 4.32. The minimum atomic E-state index is 0. The summed E-state index contributed by atoms with van der Waals surface area (Å²) in [6.45, 7) is 10.1. The van der Waals surface area contributed by atoms with E-state index in [1.54, 1.807) is 0 Å². The number of thioether (sulfide) groups is 1. The van der Waals surface area contributed by atoms with Crippen molar-refractivity contribution in [3.05, 3.63) is 0 Å². The molecule has 6 heteroatoms. The second-order valence-corrected chi connectivity index (χ2v) is 6.61. The molecule has 0 spiro atoms. The number of rotatable bonds is 6. The van der Waals surface area contributed by atoms with Crippen LogP contribution in [0.3, 0.4) is 0 Å². The molecular weight excluding hydrogens is 383 g/mol. The topological polar surface area (TPSA) is 39.7 Å². The van der Waals surface area contributed by atoms with E-state index in [0.717, 1.165) is 19.0 Å². The van der Waals surface area contributed by atoms with Crippen molar-refractivity contribution < 1.29 is 0 Å². The molecular formula is C14H31IN4S. The van der Waals surface area contributed by atoms with Gasteiger partial charge in [-0.3, -0.25) is 9.89 Å². The molecule has 2 unspecified atom stereocenters. The molecule has 1 aliphatic rings. The van der Waals surface area contributed by atoms with Crippen LogP contribution in [-0.2, 0) is 0 Å². The summed E-state index contributed by atoms with van der Waals surface area (Å²) in [5.41, 5.74) is 0. The Bertz CT molecular complexity index is 286. The standard InChI is InChI=1S/C14H30N4S.HI/c1-11(2)18-9-12(3)13(10-18)17-14(15-4)16-7-6-8-19-5;/h11-13H,6-10H2,1-5H3,(H2,15,16,17);1H. The summed E-state index contributed by atoms with van der Waals surface area (Å²) in [7, 11) is 1.85. The van der Waals surface area contributed by atoms with Crippen LogP contribution in [0.4, 0.5) is 0 Å². The fraction of sp³-hybridized carbons (Fsp3) is 0.929. The third kappa shape index (κ3) is 6.85. The lowest BCUT2D eigenvalue weighted by Crippen LogP contribution is -2.47. The maximum atomic E-state index is 4.32. The van der Waals surface area contributed by atoms with Gasteiger partial charge in [0.15, 0.2) is 5.96 Å². The highest BCUT2D eigenvalue weighted by Gasteiger charge is 2.31. The van der Waals surface area contributed by atoms with E-state index in [0.29, 0.717) is 18.0 Å². The molecule has 1 heterocycles. The first-order chi connectivity index (χ1) is 9.08. The number of likely N-dealkylation sites (tertiary alicyclic amines) is 1. The lowest BCUT2D eigenvalue weighted by atomic mass is 10.1. The second-order valence-electron chi connectivity index (χ2n) is 5.62. The third-order valence-electron chi connectivity index (χ3n) is 3.73. The number of hydrogen-bond acceptors (Lipinski definition) is 3. The molecule has 2 N–H and O–H groups in total. The first-order valence-corrected chi connectivity index (χ1v) is 8.68. The minimum Gasteiger partial charge on any atom is -0.356 e. The molecule has 0 aliphatic carbocycles. The van der Waals surface area contributed by atoms with Crippen molar-refractivity contribution in [2.24, 2.45) is 10.9 Å². The molecule has 2 atom stereocenters. The molecule has 0 bridgehead atoms. The Morgan fingerprint density at radius 2 is 2.10 bits per heavy atom. The minimum absolute atomic E-state index is 0. The van der Waals surface area contributed by atoms with Gasteiger partial charge in [-0.1, -0.05) is 6.92 Å². The van der Waals surface area contributed by atoms with Crippen LogP contribution in [-0.4, -0.2) is 61.6 Å². The van der Waals surface area contributed by atoms with E-state index in [1.807, 2.05) is 18.8 Å². The van der Waals surface area contributed by atoms with Gasteiger partial charge in [-0.25, -0.2) is 0 Å². The number of hydrogen-bond donors (Lipinski definition) is 2. The molecule has 0 amide bonds. The van der Waals surface area contributed by atoms with E-state index < -0.39 is 0 Å². The predicted octanol–water partition coefficient (Wildman–Crippen LogP) is 2.25. The van der Waals surface area contributed by atoms with Crippen molar-refractivity contribution in [1.29, 1.82) is 0 Å². The van der Waals surface area contributed by atoms with Crippen LogP contribution in [0.25, 0.3) is 0 Å². The van der Waals surface area contributed by atoms with Gasteiger partial charge in [-0.2, -0.15) is 11.8 Å². The smallest absolute Gasteiger partial charge is 0.191 e. The van der Waals surface area contributed by atoms with Crippen molar-refractivity contribution in [3.8, 4) is 0 Å². The highest BCUT2D eigenvalue weighted by atomic mass is 127. The third-order valence-corrected chi connectivity index (χ3v) is 4.43. The lowest BCUT2D eigenvalue weighted by Gasteiger charge is -2.21. The number of guanidine groups is 1.